The summed E-state index contributed by atoms with van der Waals surface area (Å²) in [4.78, 5) is 0. The predicted molar refractivity (Wildman–Crippen MR) is 82.7 cm³/mol. The summed E-state index contributed by atoms with van der Waals surface area (Å²) in [5.41, 5.74) is 0.424. The standard InChI is InChI=1S/C15H19ClFNO3S/c16-13-4-3-11(8-14(13)17)10-22(19,20)18-6-5-15(18)12-2-1-7-21-9-12/h3-4,8,12,15H,1-2,5-7,9-10H2. The Bertz CT molecular complexity index is 646. The van der Waals surface area contributed by atoms with Gasteiger partial charge >= 0.3 is 0 Å². The Balaban J connectivity index is 1.70. The van der Waals surface area contributed by atoms with Crippen LogP contribution in [0.25, 0.3) is 0 Å². The van der Waals surface area contributed by atoms with E-state index in [1.165, 1.54) is 12.1 Å². The molecule has 0 spiro atoms. The van der Waals surface area contributed by atoms with Gasteiger partial charge in [0.15, 0.2) is 0 Å². The topological polar surface area (TPSA) is 46.6 Å². The second kappa shape index (κ2) is 6.43. The number of halogens is 2. The van der Waals surface area contributed by atoms with E-state index in [1.54, 1.807) is 10.4 Å². The summed E-state index contributed by atoms with van der Waals surface area (Å²) < 4.78 is 45.6. The van der Waals surface area contributed by atoms with Gasteiger partial charge in [-0.25, -0.2) is 12.8 Å². The van der Waals surface area contributed by atoms with Crippen molar-refractivity contribution in [1.82, 2.24) is 4.31 Å². The van der Waals surface area contributed by atoms with Gasteiger partial charge in [-0.05, 0) is 42.9 Å². The van der Waals surface area contributed by atoms with E-state index in [0.29, 0.717) is 18.7 Å². The van der Waals surface area contributed by atoms with E-state index >= 15 is 0 Å². The Kier molecular flexibility index (Phi) is 4.73. The number of nitrogens with zero attached hydrogens (tertiary/aromatic N) is 1. The number of hydrogen-bond acceptors (Lipinski definition) is 3. The highest BCUT2D eigenvalue weighted by atomic mass is 35.5. The molecular weight excluding hydrogens is 329 g/mol. The lowest BCUT2D eigenvalue weighted by molar-refractivity contribution is 0.00226. The van der Waals surface area contributed by atoms with E-state index in [0.717, 1.165) is 25.9 Å². The van der Waals surface area contributed by atoms with Gasteiger partial charge in [0.05, 0.1) is 17.4 Å². The summed E-state index contributed by atoms with van der Waals surface area (Å²) >= 11 is 5.63. The van der Waals surface area contributed by atoms with E-state index < -0.39 is 15.8 Å². The van der Waals surface area contributed by atoms with E-state index in [-0.39, 0.29) is 22.7 Å². The molecule has 1 aromatic rings. The fourth-order valence-electron chi connectivity index (χ4n) is 3.19. The summed E-state index contributed by atoms with van der Waals surface area (Å²) in [5.74, 6) is -0.500. The van der Waals surface area contributed by atoms with Gasteiger partial charge in [0.2, 0.25) is 10.0 Å². The summed E-state index contributed by atoms with van der Waals surface area (Å²) in [6.07, 6.45) is 2.87. The number of sulfonamides is 1. The summed E-state index contributed by atoms with van der Waals surface area (Å²) in [6, 6.07) is 4.17. The highest BCUT2D eigenvalue weighted by Gasteiger charge is 2.42. The van der Waals surface area contributed by atoms with Crippen LogP contribution in [0.1, 0.15) is 24.8 Å². The van der Waals surface area contributed by atoms with Crippen molar-refractivity contribution in [2.24, 2.45) is 5.92 Å². The largest absolute Gasteiger partial charge is 0.381 e. The molecule has 0 amide bonds. The molecule has 0 bridgehead atoms. The zero-order valence-corrected chi connectivity index (χ0v) is 13.7. The smallest absolute Gasteiger partial charge is 0.218 e. The van der Waals surface area contributed by atoms with E-state index in [2.05, 4.69) is 0 Å². The monoisotopic (exact) mass is 347 g/mol. The molecule has 3 rings (SSSR count). The first kappa shape index (κ1) is 16.2. The highest BCUT2D eigenvalue weighted by molar-refractivity contribution is 7.88. The molecule has 2 fully saturated rings. The Morgan fingerprint density at radius 2 is 2.18 bits per heavy atom. The molecule has 2 saturated heterocycles. The molecule has 122 valence electrons. The average Bonchev–Trinajstić information content (AvgIpc) is 2.42. The molecule has 2 aliphatic rings. The lowest BCUT2D eigenvalue weighted by atomic mass is 9.87. The Morgan fingerprint density at radius 1 is 1.36 bits per heavy atom. The van der Waals surface area contributed by atoms with Crippen molar-refractivity contribution in [2.45, 2.75) is 31.1 Å². The van der Waals surface area contributed by atoms with Crippen molar-refractivity contribution in [3.8, 4) is 0 Å². The Hall–Kier alpha value is -0.690. The molecule has 4 nitrogen and oxygen atoms in total. The molecule has 1 aromatic carbocycles. The van der Waals surface area contributed by atoms with Gasteiger partial charge in [-0.15, -0.1) is 0 Å². The number of benzene rings is 1. The van der Waals surface area contributed by atoms with Crippen LogP contribution in [0.2, 0.25) is 5.02 Å². The highest BCUT2D eigenvalue weighted by Crippen LogP contribution is 2.33. The molecule has 0 aliphatic carbocycles. The molecule has 7 heteroatoms. The van der Waals surface area contributed by atoms with Crippen LogP contribution in [-0.2, 0) is 20.5 Å². The van der Waals surface area contributed by atoms with Crippen LogP contribution >= 0.6 is 11.6 Å². The Labute approximate surface area is 135 Å². The zero-order valence-electron chi connectivity index (χ0n) is 12.2. The normalized spacial score (nSPS) is 26.6. The Morgan fingerprint density at radius 3 is 2.77 bits per heavy atom. The molecule has 22 heavy (non-hydrogen) atoms. The predicted octanol–water partition coefficient (Wildman–Crippen LogP) is 2.81. The van der Waals surface area contributed by atoms with Gasteiger partial charge in [0.25, 0.3) is 0 Å². The first-order valence-electron chi connectivity index (χ1n) is 7.48. The fraction of sp³-hybridized carbons (Fsp3) is 0.600. The maximum atomic E-state index is 13.5. The second-order valence-corrected chi connectivity index (χ2v) is 8.28. The summed E-state index contributed by atoms with van der Waals surface area (Å²) in [5, 5.41) is 0.00216. The molecule has 0 N–H and O–H groups in total. The molecule has 2 heterocycles. The molecule has 2 atom stereocenters. The minimum absolute atomic E-state index is 0.00216. The second-order valence-electron chi connectivity index (χ2n) is 5.95. The first-order chi connectivity index (χ1) is 10.5. The van der Waals surface area contributed by atoms with Gasteiger partial charge in [0, 0.05) is 19.2 Å². The maximum absolute atomic E-state index is 13.5. The van der Waals surface area contributed by atoms with Crippen LogP contribution in [0, 0.1) is 11.7 Å². The van der Waals surface area contributed by atoms with Gasteiger partial charge in [-0.3, -0.25) is 0 Å². The lowest BCUT2D eigenvalue weighted by Gasteiger charge is -2.45. The van der Waals surface area contributed by atoms with Gasteiger partial charge < -0.3 is 4.74 Å². The van der Waals surface area contributed by atoms with Crippen molar-refractivity contribution in [3.63, 3.8) is 0 Å². The van der Waals surface area contributed by atoms with Crippen LogP contribution in [0.5, 0.6) is 0 Å². The van der Waals surface area contributed by atoms with Crippen LogP contribution in [0.3, 0.4) is 0 Å². The first-order valence-corrected chi connectivity index (χ1v) is 9.47. The molecule has 0 radical (unpaired) electrons. The van der Waals surface area contributed by atoms with E-state index in [9.17, 15) is 12.8 Å². The van der Waals surface area contributed by atoms with Crippen molar-refractivity contribution >= 4 is 21.6 Å². The third-order valence-corrected chi connectivity index (χ3v) is 6.62. The molecular formula is C15H19ClFNO3S. The van der Waals surface area contributed by atoms with Crippen LogP contribution < -0.4 is 0 Å². The quantitative estimate of drug-likeness (QED) is 0.841. The lowest BCUT2D eigenvalue weighted by Crippen LogP contribution is -2.56. The van der Waals surface area contributed by atoms with Crippen molar-refractivity contribution in [2.75, 3.05) is 19.8 Å². The fourth-order valence-corrected chi connectivity index (χ4v) is 5.15. The van der Waals surface area contributed by atoms with Gasteiger partial charge in [-0.2, -0.15) is 4.31 Å². The number of rotatable bonds is 4. The summed E-state index contributed by atoms with van der Waals surface area (Å²) in [6.45, 7) is 1.94. The van der Waals surface area contributed by atoms with E-state index in [1.807, 2.05) is 0 Å². The molecule has 2 unspecified atom stereocenters. The average molecular weight is 348 g/mol. The molecule has 2 aliphatic heterocycles. The van der Waals surface area contributed by atoms with Crippen LogP contribution in [0.4, 0.5) is 4.39 Å². The number of hydrogen-bond donors (Lipinski definition) is 0. The zero-order chi connectivity index (χ0) is 15.7. The maximum Gasteiger partial charge on any atom is 0.218 e. The van der Waals surface area contributed by atoms with Gasteiger partial charge in [-0.1, -0.05) is 17.7 Å². The van der Waals surface area contributed by atoms with E-state index in [4.69, 9.17) is 16.3 Å². The van der Waals surface area contributed by atoms with Crippen molar-refractivity contribution in [3.05, 3.63) is 34.6 Å². The summed E-state index contributed by atoms with van der Waals surface area (Å²) in [7, 11) is -3.44. The minimum atomic E-state index is -3.44. The molecule has 0 saturated carbocycles. The third kappa shape index (κ3) is 3.30. The SMILES string of the molecule is O=S(=O)(Cc1ccc(Cl)c(F)c1)N1CCC1C1CCCOC1. The molecule has 0 aromatic heterocycles. The van der Waals surface area contributed by atoms with Crippen LogP contribution in [0.15, 0.2) is 18.2 Å². The van der Waals surface area contributed by atoms with Crippen molar-refractivity contribution in [1.29, 1.82) is 0 Å². The van der Waals surface area contributed by atoms with Crippen molar-refractivity contribution < 1.29 is 17.5 Å². The minimum Gasteiger partial charge on any atom is -0.381 e. The van der Waals surface area contributed by atoms with Crippen LogP contribution in [-0.4, -0.2) is 38.5 Å². The number of ether oxygens (including phenoxy) is 1. The van der Waals surface area contributed by atoms with Gasteiger partial charge in [0.1, 0.15) is 5.82 Å². The third-order valence-electron chi connectivity index (χ3n) is 4.45.